The molecular weight excluding hydrogens is 212 g/mol. The highest BCUT2D eigenvalue weighted by Crippen LogP contribution is 2.28. The third-order valence-corrected chi connectivity index (χ3v) is 2.24. The van der Waals surface area contributed by atoms with Crippen molar-refractivity contribution in [2.45, 2.75) is 19.1 Å². The van der Waals surface area contributed by atoms with Gasteiger partial charge in [-0.25, -0.2) is 8.78 Å². The number of benzene rings is 1. The molecule has 0 bridgehead atoms. The quantitative estimate of drug-likeness (QED) is 0.751. The maximum Gasteiger partial charge on any atom is 0.145 e. The first-order valence-electron chi connectivity index (χ1n) is 4.01. The van der Waals surface area contributed by atoms with Gasteiger partial charge in [0.2, 0.25) is 0 Å². The van der Waals surface area contributed by atoms with E-state index in [1.165, 1.54) is 6.92 Å². The Labute approximate surface area is 85.3 Å². The highest BCUT2D eigenvalue weighted by Gasteiger charge is 2.19. The van der Waals surface area contributed by atoms with E-state index in [-0.39, 0.29) is 10.6 Å². The molecule has 1 aromatic rings. The molecule has 2 unspecified atom stereocenters. The van der Waals surface area contributed by atoms with Crippen LogP contribution in [0.2, 0.25) is 5.02 Å². The van der Waals surface area contributed by atoms with Crippen molar-refractivity contribution in [3.63, 3.8) is 0 Å². The third-order valence-electron chi connectivity index (χ3n) is 1.84. The summed E-state index contributed by atoms with van der Waals surface area (Å²) in [6, 6.07) is 0.979. The van der Waals surface area contributed by atoms with Crippen LogP contribution in [0.1, 0.15) is 18.6 Å². The number of aliphatic hydroxyl groups is 1. The van der Waals surface area contributed by atoms with E-state index in [0.29, 0.717) is 6.07 Å². The van der Waals surface area contributed by atoms with Gasteiger partial charge < -0.3 is 10.8 Å². The maximum absolute atomic E-state index is 12.9. The van der Waals surface area contributed by atoms with Crippen molar-refractivity contribution < 1.29 is 13.9 Å². The number of nitrogens with two attached hydrogens (primary N) is 1. The molecule has 1 rings (SSSR count). The molecule has 0 saturated heterocycles. The predicted molar refractivity (Wildman–Crippen MR) is 50.0 cm³/mol. The van der Waals surface area contributed by atoms with Crippen LogP contribution in [0, 0.1) is 11.6 Å². The van der Waals surface area contributed by atoms with Gasteiger partial charge in [-0.05, 0) is 13.0 Å². The fourth-order valence-electron chi connectivity index (χ4n) is 1.07. The van der Waals surface area contributed by atoms with Crippen molar-refractivity contribution >= 4 is 11.6 Å². The van der Waals surface area contributed by atoms with Crippen molar-refractivity contribution in [1.82, 2.24) is 0 Å². The van der Waals surface area contributed by atoms with Crippen molar-refractivity contribution in [3.8, 4) is 0 Å². The second-order valence-corrected chi connectivity index (χ2v) is 3.47. The zero-order chi connectivity index (χ0) is 10.9. The summed E-state index contributed by atoms with van der Waals surface area (Å²) in [5.74, 6) is -1.69. The molecule has 1 aromatic carbocycles. The van der Waals surface area contributed by atoms with E-state index in [0.717, 1.165) is 6.07 Å². The lowest BCUT2D eigenvalue weighted by Crippen LogP contribution is -2.24. The lowest BCUT2D eigenvalue weighted by molar-refractivity contribution is 0.152. The summed E-state index contributed by atoms with van der Waals surface area (Å²) in [6.07, 6.45) is -1.17. The summed E-state index contributed by atoms with van der Waals surface area (Å²) >= 11 is 5.55. The molecule has 0 saturated carbocycles. The van der Waals surface area contributed by atoms with Crippen molar-refractivity contribution in [3.05, 3.63) is 34.4 Å². The van der Waals surface area contributed by atoms with Gasteiger partial charge in [-0.1, -0.05) is 11.6 Å². The van der Waals surface area contributed by atoms with E-state index < -0.39 is 23.8 Å². The van der Waals surface area contributed by atoms with Crippen LogP contribution in [0.25, 0.3) is 0 Å². The molecule has 0 radical (unpaired) electrons. The minimum atomic E-state index is -1.17. The summed E-state index contributed by atoms with van der Waals surface area (Å²) in [6.45, 7) is 1.52. The Morgan fingerprint density at radius 1 is 1.43 bits per heavy atom. The monoisotopic (exact) mass is 221 g/mol. The zero-order valence-electron chi connectivity index (χ0n) is 7.47. The molecule has 0 aliphatic carbocycles. The lowest BCUT2D eigenvalue weighted by Gasteiger charge is -2.16. The van der Waals surface area contributed by atoms with Crippen LogP contribution in [-0.2, 0) is 0 Å². The van der Waals surface area contributed by atoms with Gasteiger partial charge in [-0.2, -0.15) is 0 Å². The molecule has 0 amide bonds. The molecule has 0 heterocycles. The van der Waals surface area contributed by atoms with Gasteiger partial charge in [0.05, 0.1) is 11.1 Å². The fraction of sp³-hybridized carbons (Fsp3) is 0.333. The number of hydrogen-bond donors (Lipinski definition) is 2. The van der Waals surface area contributed by atoms with Crippen LogP contribution in [0.3, 0.4) is 0 Å². The van der Waals surface area contributed by atoms with Crippen LogP contribution in [0.4, 0.5) is 8.78 Å². The van der Waals surface area contributed by atoms with Gasteiger partial charge >= 0.3 is 0 Å². The molecule has 2 nitrogen and oxygen atoms in total. The molecule has 3 N–H and O–H groups in total. The van der Waals surface area contributed by atoms with E-state index in [1.54, 1.807) is 0 Å². The van der Waals surface area contributed by atoms with Gasteiger partial charge in [-0.3, -0.25) is 0 Å². The number of halogens is 3. The highest BCUT2D eigenvalue weighted by molar-refractivity contribution is 6.31. The SMILES string of the molecule is CC(N)C(O)c1cc(F)cc(F)c1Cl. The Balaban J connectivity index is 3.20. The summed E-state index contributed by atoms with van der Waals surface area (Å²) in [5, 5.41) is 9.19. The number of hydrogen-bond acceptors (Lipinski definition) is 2. The van der Waals surface area contributed by atoms with Crippen LogP contribution < -0.4 is 5.73 Å². The summed E-state index contributed by atoms with van der Waals surface area (Å²) in [7, 11) is 0. The minimum absolute atomic E-state index is 0.0285. The van der Waals surface area contributed by atoms with E-state index in [2.05, 4.69) is 0 Å². The summed E-state index contributed by atoms with van der Waals surface area (Å²) in [5.41, 5.74) is 5.35. The molecule has 14 heavy (non-hydrogen) atoms. The molecule has 0 aliphatic rings. The molecule has 0 aromatic heterocycles. The normalized spacial score (nSPS) is 15.3. The Hall–Kier alpha value is -0.710. The van der Waals surface area contributed by atoms with E-state index in [9.17, 15) is 13.9 Å². The Morgan fingerprint density at radius 3 is 2.50 bits per heavy atom. The van der Waals surface area contributed by atoms with Gasteiger partial charge in [-0.15, -0.1) is 0 Å². The highest BCUT2D eigenvalue weighted by atomic mass is 35.5. The van der Waals surface area contributed by atoms with Crippen LogP contribution in [-0.4, -0.2) is 11.1 Å². The first kappa shape index (κ1) is 11.4. The smallest absolute Gasteiger partial charge is 0.145 e. The van der Waals surface area contributed by atoms with E-state index in [1.807, 2.05) is 0 Å². The molecule has 0 spiro atoms. The summed E-state index contributed by atoms with van der Waals surface area (Å²) < 4.78 is 25.7. The third kappa shape index (κ3) is 2.20. The van der Waals surface area contributed by atoms with Crippen LogP contribution in [0.15, 0.2) is 12.1 Å². The minimum Gasteiger partial charge on any atom is -0.387 e. The first-order valence-corrected chi connectivity index (χ1v) is 4.39. The predicted octanol–water partition coefficient (Wildman–Crippen LogP) is 2.00. The van der Waals surface area contributed by atoms with Crippen LogP contribution in [0.5, 0.6) is 0 Å². The Morgan fingerprint density at radius 2 is 2.00 bits per heavy atom. The topological polar surface area (TPSA) is 46.2 Å². The van der Waals surface area contributed by atoms with E-state index >= 15 is 0 Å². The number of rotatable bonds is 2. The van der Waals surface area contributed by atoms with Crippen molar-refractivity contribution in [2.24, 2.45) is 5.73 Å². The fourth-order valence-corrected chi connectivity index (χ4v) is 1.30. The maximum atomic E-state index is 12.9. The first-order chi connectivity index (χ1) is 6.43. The van der Waals surface area contributed by atoms with Gasteiger partial charge in [0.1, 0.15) is 11.6 Å². The molecular formula is C9H10ClF2NO. The van der Waals surface area contributed by atoms with Gasteiger partial charge in [0, 0.05) is 17.7 Å². The Bertz CT molecular complexity index is 344. The Kier molecular flexibility index (Phi) is 3.42. The molecule has 78 valence electrons. The molecule has 2 atom stereocenters. The van der Waals surface area contributed by atoms with Crippen molar-refractivity contribution in [1.29, 1.82) is 0 Å². The van der Waals surface area contributed by atoms with Gasteiger partial charge in [0.25, 0.3) is 0 Å². The summed E-state index contributed by atoms with van der Waals surface area (Å²) in [4.78, 5) is 0. The second kappa shape index (κ2) is 4.21. The lowest BCUT2D eigenvalue weighted by atomic mass is 10.0. The van der Waals surface area contributed by atoms with E-state index in [4.69, 9.17) is 17.3 Å². The molecule has 0 fully saturated rings. The molecule has 5 heteroatoms. The number of aliphatic hydroxyl groups excluding tert-OH is 1. The average Bonchev–Trinajstić information content (AvgIpc) is 2.09. The zero-order valence-corrected chi connectivity index (χ0v) is 8.22. The van der Waals surface area contributed by atoms with Gasteiger partial charge in [0.15, 0.2) is 0 Å². The largest absolute Gasteiger partial charge is 0.387 e. The second-order valence-electron chi connectivity index (χ2n) is 3.09. The van der Waals surface area contributed by atoms with Crippen LogP contribution >= 0.6 is 11.6 Å². The average molecular weight is 222 g/mol. The van der Waals surface area contributed by atoms with Crippen molar-refractivity contribution in [2.75, 3.05) is 0 Å². The molecule has 0 aliphatic heterocycles. The standard InChI is InChI=1S/C9H10ClF2NO/c1-4(13)9(14)6-2-5(11)3-7(12)8(6)10/h2-4,9,14H,13H2,1H3.